The Morgan fingerprint density at radius 3 is 2.56 bits per heavy atom. The van der Waals surface area contributed by atoms with Crippen molar-refractivity contribution in [2.24, 2.45) is 0 Å². The SMILES string of the molecule is COC(=O)c1ccc(-c2cc3c(=O)oc4ccc(Br)cc4c3s2)cc1. The molecule has 124 valence electrons. The molecule has 4 nitrogen and oxygen atoms in total. The molecule has 0 amide bonds. The number of methoxy groups -OCH3 is 1. The highest BCUT2D eigenvalue weighted by Gasteiger charge is 2.14. The molecular weight excluding hydrogens is 404 g/mol. The minimum Gasteiger partial charge on any atom is -0.465 e. The molecule has 2 heterocycles. The summed E-state index contributed by atoms with van der Waals surface area (Å²) >= 11 is 4.98. The van der Waals surface area contributed by atoms with Crippen LogP contribution in [-0.4, -0.2) is 13.1 Å². The van der Waals surface area contributed by atoms with E-state index in [0.717, 1.165) is 25.0 Å². The average molecular weight is 415 g/mol. The number of esters is 1. The van der Waals surface area contributed by atoms with E-state index in [9.17, 15) is 9.59 Å². The largest absolute Gasteiger partial charge is 0.465 e. The minimum atomic E-state index is -0.376. The fraction of sp³-hybridized carbons (Fsp3) is 0.0526. The number of hydrogen-bond donors (Lipinski definition) is 0. The van der Waals surface area contributed by atoms with Crippen molar-refractivity contribution in [1.82, 2.24) is 0 Å². The van der Waals surface area contributed by atoms with Crippen LogP contribution in [-0.2, 0) is 4.74 Å². The highest BCUT2D eigenvalue weighted by molar-refractivity contribution is 9.10. The first kappa shape index (κ1) is 16.1. The Morgan fingerprint density at radius 1 is 1.08 bits per heavy atom. The number of hydrogen-bond acceptors (Lipinski definition) is 5. The molecule has 0 bridgehead atoms. The molecule has 25 heavy (non-hydrogen) atoms. The van der Waals surface area contributed by atoms with Crippen LogP contribution < -0.4 is 5.63 Å². The van der Waals surface area contributed by atoms with Gasteiger partial charge in [0, 0.05) is 14.7 Å². The van der Waals surface area contributed by atoms with Gasteiger partial charge in [0.1, 0.15) is 5.58 Å². The normalized spacial score (nSPS) is 11.1. The van der Waals surface area contributed by atoms with Crippen molar-refractivity contribution in [3.63, 3.8) is 0 Å². The van der Waals surface area contributed by atoms with Gasteiger partial charge in [-0.05, 0) is 42.0 Å². The summed E-state index contributed by atoms with van der Waals surface area (Å²) in [5, 5.41) is 1.45. The summed E-state index contributed by atoms with van der Waals surface area (Å²) in [5.74, 6) is -0.376. The van der Waals surface area contributed by atoms with E-state index in [1.54, 1.807) is 18.2 Å². The third kappa shape index (κ3) is 2.77. The Balaban J connectivity index is 1.90. The molecule has 0 radical (unpaired) electrons. The van der Waals surface area contributed by atoms with Gasteiger partial charge in [0.2, 0.25) is 0 Å². The molecule has 0 aliphatic rings. The van der Waals surface area contributed by atoms with Crippen molar-refractivity contribution >= 4 is 54.3 Å². The van der Waals surface area contributed by atoms with Crippen LogP contribution in [0.25, 0.3) is 31.5 Å². The molecule has 4 aromatic rings. The lowest BCUT2D eigenvalue weighted by Crippen LogP contribution is -2.00. The first-order chi connectivity index (χ1) is 12.1. The van der Waals surface area contributed by atoms with Gasteiger partial charge >= 0.3 is 11.6 Å². The first-order valence-electron chi connectivity index (χ1n) is 7.41. The van der Waals surface area contributed by atoms with Crippen molar-refractivity contribution in [3.8, 4) is 10.4 Å². The number of carbonyl (C=O) groups excluding carboxylic acids is 1. The molecule has 4 rings (SSSR count). The van der Waals surface area contributed by atoms with Crippen molar-refractivity contribution in [1.29, 1.82) is 0 Å². The van der Waals surface area contributed by atoms with Crippen LogP contribution >= 0.6 is 27.3 Å². The third-order valence-electron chi connectivity index (χ3n) is 3.93. The van der Waals surface area contributed by atoms with Crippen molar-refractivity contribution in [3.05, 3.63) is 69.0 Å². The second-order valence-electron chi connectivity index (χ2n) is 5.45. The van der Waals surface area contributed by atoms with Crippen LogP contribution in [0.5, 0.6) is 0 Å². The fourth-order valence-corrected chi connectivity index (χ4v) is 4.23. The molecule has 0 atom stereocenters. The topological polar surface area (TPSA) is 56.5 Å². The second kappa shape index (κ2) is 6.13. The number of benzene rings is 2. The van der Waals surface area contributed by atoms with Gasteiger partial charge in [-0.25, -0.2) is 9.59 Å². The fourth-order valence-electron chi connectivity index (χ4n) is 2.70. The van der Waals surface area contributed by atoms with Gasteiger partial charge in [-0.3, -0.25) is 0 Å². The quantitative estimate of drug-likeness (QED) is 0.333. The summed E-state index contributed by atoms with van der Waals surface area (Å²) in [6, 6.07) is 14.5. The van der Waals surface area contributed by atoms with E-state index in [0.29, 0.717) is 16.5 Å². The van der Waals surface area contributed by atoms with E-state index >= 15 is 0 Å². The zero-order valence-electron chi connectivity index (χ0n) is 13.0. The Morgan fingerprint density at radius 2 is 1.84 bits per heavy atom. The Bertz CT molecular complexity index is 1170. The smallest absolute Gasteiger partial charge is 0.345 e. The lowest BCUT2D eigenvalue weighted by atomic mass is 10.1. The average Bonchev–Trinajstić information content (AvgIpc) is 3.08. The summed E-state index contributed by atoms with van der Waals surface area (Å²) in [6.07, 6.45) is 0. The zero-order valence-corrected chi connectivity index (χ0v) is 15.4. The number of fused-ring (bicyclic) bond motifs is 3. The standard InChI is InChI=1S/C19H11BrO4S/c1-23-18(21)11-4-2-10(3-5-11)16-9-14-17(25-16)13-8-12(20)6-7-15(13)24-19(14)22/h2-9H,1H3. The Labute approximate surface area is 154 Å². The van der Waals surface area contributed by atoms with E-state index in [-0.39, 0.29) is 11.6 Å². The van der Waals surface area contributed by atoms with Crippen molar-refractivity contribution < 1.29 is 13.9 Å². The molecule has 0 unspecified atom stereocenters. The van der Waals surface area contributed by atoms with Gasteiger partial charge in [0.05, 0.1) is 22.8 Å². The van der Waals surface area contributed by atoms with E-state index in [1.165, 1.54) is 18.4 Å². The van der Waals surface area contributed by atoms with Gasteiger partial charge in [-0.2, -0.15) is 0 Å². The maximum absolute atomic E-state index is 12.3. The number of carbonyl (C=O) groups is 1. The van der Waals surface area contributed by atoms with Crippen LogP contribution in [0.2, 0.25) is 0 Å². The number of thiophene rings is 1. The van der Waals surface area contributed by atoms with Crippen LogP contribution in [0.1, 0.15) is 10.4 Å². The predicted molar refractivity (Wildman–Crippen MR) is 102 cm³/mol. The van der Waals surface area contributed by atoms with E-state index in [1.807, 2.05) is 30.3 Å². The molecule has 0 aliphatic heterocycles. The molecule has 0 fully saturated rings. The number of halogens is 1. The van der Waals surface area contributed by atoms with Crippen LogP contribution in [0.4, 0.5) is 0 Å². The summed E-state index contributed by atoms with van der Waals surface area (Å²) in [6.45, 7) is 0. The Kier molecular flexibility index (Phi) is 3.94. The van der Waals surface area contributed by atoms with E-state index < -0.39 is 0 Å². The monoisotopic (exact) mass is 414 g/mol. The van der Waals surface area contributed by atoms with Crippen LogP contribution in [0.3, 0.4) is 0 Å². The second-order valence-corrected chi connectivity index (χ2v) is 7.42. The lowest BCUT2D eigenvalue weighted by Gasteiger charge is -2.00. The van der Waals surface area contributed by atoms with Crippen molar-refractivity contribution in [2.45, 2.75) is 0 Å². The van der Waals surface area contributed by atoms with Gasteiger partial charge in [-0.15, -0.1) is 11.3 Å². The summed E-state index contributed by atoms with van der Waals surface area (Å²) in [5.41, 5.74) is 1.63. The predicted octanol–water partition coefficient (Wildman–Crippen LogP) is 5.22. The van der Waals surface area contributed by atoms with Gasteiger partial charge in [0.25, 0.3) is 0 Å². The summed E-state index contributed by atoms with van der Waals surface area (Å²) < 4.78 is 11.9. The van der Waals surface area contributed by atoms with Crippen molar-refractivity contribution in [2.75, 3.05) is 7.11 Å². The molecular formula is C19H11BrO4S. The third-order valence-corrected chi connectivity index (χ3v) is 5.64. The number of rotatable bonds is 2. The maximum atomic E-state index is 12.3. The maximum Gasteiger partial charge on any atom is 0.345 e. The van der Waals surface area contributed by atoms with Gasteiger partial charge in [0.15, 0.2) is 0 Å². The first-order valence-corrected chi connectivity index (χ1v) is 9.02. The summed E-state index contributed by atoms with van der Waals surface area (Å²) in [7, 11) is 1.35. The molecule has 0 N–H and O–H groups in total. The highest BCUT2D eigenvalue weighted by Crippen LogP contribution is 2.37. The van der Waals surface area contributed by atoms with Gasteiger partial charge < -0.3 is 9.15 Å². The van der Waals surface area contributed by atoms with Crippen LogP contribution in [0, 0.1) is 0 Å². The van der Waals surface area contributed by atoms with Crippen LogP contribution in [0.15, 0.2) is 62.2 Å². The molecule has 0 saturated heterocycles. The Hall–Kier alpha value is -2.44. The van der Waals surface area contributed by atoms with E-state index in [2.05, 4.69) is 15.9 Å². The molecule has 0 aliphatic carbocycles. The summed E-state index contributed by atoms with van der Waals surface area (Å²) in [4.78, 5) is 24.8. The zero-order chi connectivity index (χ0) is 17.6. The lowest BCUT2D eigenvalue weighted by molar-refractivity contribution is 0.0601. The van der Waals surface area contributed by atoms with Gasteiger partial charge in [-0.1, -0.05) is 28.1 Å². The molecule has 0 spiro atoms. The minimum absolute atomic E-state index is 0.349. The molecule has 2 aromatic heterocycles. The van der Waals surface area contributed by atoms with E-state index in [4.69, 9.17) is 9.15 Å². The molecule has 2 aromatic carbocycles. The number of ether oxygens (including phenoxy) is 1. The molecule has 6 heteroatoms. The molecule has 0 saturated carbocycles. The highest BCUT2D eigenvalue weighted by atomic mass is 79.9.